The SMILES string of the molecule is CSC(S)C(=O)O. The van der Waals surface area contributed by atoms with Gasteiger partial charge in [0.1, 0.15) is 4.58 Å². The third-order valence-electron chi connectivity index (χ3n) is 0.435. The molecule has 1 atom stereocenters. The summed E-state index contributed by atoms with van der Waals surface area (Å²) < 4.78 is -0.569. The molecule has 1 N–H and O–H groups in total. The topological polar surface area (TPSA) is 37.3 Å². The fraction of sp³-hybridized carbons (Fsp3) is 0.667. The Bertz CT molecular complexity index is 73.3. The van der Waals surface area contributed by atoms with Gasteiger partial charge in [-0.15, -0.1) is 11.8 Å². The summed E-state index contributed by atoms with van der Waals surface area (Å²) in [5.41, 5.74) is 0. The van der Waals surface area contributed by atoms with Crippen molar-refractivity contribution >= 4 is 30.4 Å². The van der Waals surface area contributed by atoms with E-state index in [0.717, 1.165) is 0 Å². The zero-order chi connectivity index (χ0) is 5.86. The fourth-order valence-electron chi connectivity index (χ4n) is 0.101. The molecule has 0 saturated carbocycles. The summed E-state index contributed by atoms with van der Waals surface area (Å²) in [6.45, 7) is 0. The maximum Gasteiger partial charge on any atom is 0.326 e. The quantitative estimate of drug-likeness (QED) is 0.435. The van der Waals surface area contributed by atoms with Crippen molar-refractivity contribution in [2.75, 3.05) is 6.26 Å². The lowest BCUT2D eigenvalue weighted by molar-refractivity contribution is -0.134. The standard InChI is InChI=1S/C3H6O2S2/c1-7-3(6)2(4)5/h3,6H,1H3,(H,4,5). The van der Waals surface area contributed by atoms with Crippen LogP contribution in [-0.4, -0.2) is 21.9 Å². The summed E-state index contributed by atoms with van der Waals surface area (Å²) in [6, 6.07) is 0. The summed E-state index contributed by atoms with van der Waals surface area (Å²) in [5, 5.41) is 8.08. The minimum atomic E-state index is -0.879. The van der Waals surface area contributed by atoms with Crippen LogP contribution in [0.1, 0.15) is 0 Å². The van der Waals surface area contributed by atoms with Crippen LogP contribution in [0.15, 0.2) is 0 Å². The zero-order valence-corrected chi connectivity index (χ0v) is 5.50. The van der Waals surface area contributed by atoms with E-state index in [-0.39, 0.29) is 0 Å². The van der Waals surface area contributed by atoms with Gasteiger partial charge in [-0.1, -0.05) is 0 Å². The molecular formula is C3H6O2S2. The molecule has 0 aromatic rings. The number of thioether (sulfide) groups is 1. The minimum absolute atomic E-state index is 0.569. The molecule has 4 heteroatoms. The lowest BCUT2D eigenvalue weighted by atomic mass is 10.8. The first-order chi connectivity index (χ1) is 3.18. The Labute approximate surface area is 51.7 Å². The first-order valence-electron chi connectivity index (χ1n) is 1.62. The van der Waals surface area contributed by atoms with Crippen LogP contribution in [-0.2, 0) is 4.79 Å². The van der Waals surface area contributed by atoms with Crippen LogP contribution < -0.4 is 0 Å². The van der Waals surface area contributed by atoms with Gasteiger partial charge in [-0.2, -0.15) is 12.6 Å². The second-order valence-corrected chi connectivity index (χ2v) is 2.73. The van der Waals surface area contributed by atoms with Crippen LogP contribution in [0, 0.1) is 0 Å². The summed E-state index contributed by atoms with van der Waals surface area (Å²) in [5.74, 6) is -0.879. The molecule has 1 unspecified atom stereocenters. The molecule has 0 amide bonds. The summed E-state index contributed by atoms with van der Waals surface area (Å²) in [4.78, 5) is 9.83. The van der Waals surface area contributed by atoms with Crippen molar-refractivity contribution in [3.63, 3.8) is 0 Å². The smallest absolute Gasteiger partial charge is 0.326 e. The van der Waals surface area contributed by atoms with Gasteiger partial charge in [0.2, 0.25) is 0 Å². The van der Waals surface area contributed by atoms with Gasteiger partial charge in [-0.25, -0.2) is 0 Å². The van der Waals surface area contributed by atoms with Crippen molar-refractivity contribution < 1.29 is 9.90 Å². The molecule has 0 aliphatic heterocycles. The highest BCUT2D eigenvalue weighted by Gasteiger charge is 2.07. The van der Waals surface area contributed by atoms with E-state index in [1.165, 1.54) is 11.8 Å². The molecule has 0 rings (SSSR count). The number of carboxylic acids is 1. The van der Waals surface area contributed by atoms with E-state index in [1.54, 1.807) is 6.26 Å². The Hall–Kier alpha value is 0.170. The minimum Gasteiger partial charge on any atom is -0.480 e. The largest absolute Gasteiger partial charge is 0.480 e. The number of carboxylic acid groups (broad SMARTS) is 1. The van der Waals surface area contributed by atoms with Crippen LogP contribution in [0.25, 0.3) is 0 Å². The van der Waals surface area contributed by atoms with E-state index in [1.807, 2.05) is 0 Å². The predicted octanol–water partition coefficient (Wildman–Crippen LogP) is 0.690. The Kier molecular flexibility index (Phi) is 3.29. The lowest BCUT2D eigenvalue weighted by Gasteiger charge is -1.95. The first kappa shape index (κ1) is 7.17. The molecule has 42 valence electrons. The van der Waals surface area contributed by atoms with Crippen molar-refractivity contribution in [2.24, 2.45) is 0 Å². The molecule has 0 aromatic heterocycles. The van der Waals surface area contributed by atoms with Gasteiger partial charge in [-0.05, 0) is 6.26 Å². The molecule has 2 nitrogen and oxygen atoms in total. The van der Waals surface area contributed by atoms with Crippen LogP contribution in [0.2, 0.25) is 0 Å². The monoisotopic (exact) mass is 138 g/mol. The van der Waals surface area contributed by atoms with E-state index in [9.17, 15) is 4.79 Å². The fourth-order valence-corrected chi connectivity index (χ4v) is 0.302. The second kappa shape index (κ2) is 3.21. The molecular weight excluding hydrogens is 132 g/mol. The third kappa shape index (κ3) is 2.82. The Morgan fingerprint density at radius 2 is 2.43 bits per heavy atom. The number of carbonyl (C=O) groups is 1. The van der Waals surface area contributed by atoms with Gasteiger partial charge in [-0.3, -0.25) is 4.79 Å². The molecule has 0 aliphatic carbocycles. The van der Waals surface area contributed by atoms with Gasteiger partial charge in [0.25, 0.3) is 0 Å². The average molecular weight is 138 g/mol. The number of thiol groups is 1. The second-order valence-electron chi connectivity index (χ2n) is 0.926. The number of aliphatic carboxylic acids is 1. The molecule has 0 radical (unpaired) electrons. The third-order valence-corrected chi connectivity index (χ3v) is 1.94. The predicted molar refractivity (Wildman–Crippen MR) is 33.9 cm³/mol. The number of hydrogen-bond acceptors (Lipinski definition) is 3. The maximum absolute atomic E-state index is 9.83. The number of rotatable bonds is 2. The summed E-state index contributed by atoms with van der Waals surface area (Å²) >= 11 is 4.89. The van der Waals surface area contributed by atoms with E-state index in [4.69, 9.17) is 5.11 Å². The lowest BCUT2D eigenvalue weighted by Crippen LogP contribution is -2.07. The van der Waals surface area contributed by atoms with Crippen molar-refractivity contribution in [1.82, 2.24) is 0 Å². The summed E-state index contributed by atoms with van der Waals surface area (Å²) in [7, 11) is 0. The van der Waals surface area contributed by atoms with Crippen LogP contribution in [0.5, 0.6) is 0 Å². The Balaban J connectivity index is 3.34. The molecule has 0 saturated heterocycles. The van der Waals surface area contributed by atoms with E-state index in [2.05, 4.69) is 12.6 Å². The Morgan fingerprint density at radius 1 is 2.00 bits per heavy atom. The van der Waals surface area contributed by atoms with Crippen molar-refractivity contribution in [3.8, 4) is 0 Å². The molecule has 0 heterocycles. The van der Waals surface area contributed by atoms with Crippen LogP contribution in [0.3, 0.4) is 0 Å². The highest BCUT2D eigenvalue weighted by molar-refractivity contribution is 8.10. The maximum atomic E-state index is 9.83. The molecule has 0 aliphatic rings. The van der Waals surface area contributed by atoms with E-state index >= 15 is 0 Å². The van der Waals surface area contributed by atoms with E-state index < -0.39 is 10.6 Å². The summed E-state index contributed by atoms with van der Waals surface area (Å²) in [6.07, 6.45) is 1.70. The normalized spacial score (nSPS) is 13.4. The van der Waals surface area contributed by atoms with Crippen LogP contribution >= 0.6 is 24.4 Å². The molecule has 7 heavy (non-hydrogen) atoms. The molecule has 0 fully saturated rings. The molecule has 0 spiro atoms. The van der Waals surface area contributed by atoms with Gasteiger partial charge < -0.3 is 5.11 Å². The zero-order valence-electron chi connectivity index (χ0n) is 3.79. The van der Waals surface area contributed by atoms with E-state index in [0.29, 0.717) is 0 Å². The van der Waals surface area contributed by atoms with Crippen molar-refractivity contribution in [1.29, 1.82) is 0 Å². The average Bonchev–Trinajstić information content (AvgIpc) is 1.65. The Morgan fingerprint density at radius 3 is 2.43 bits per heavy atom. The molecule has 0 bridgehead atoms. The van der Waals surface area contributed by atoms with Gasteiger partial charge >= 0.3 is 5.97 Å². The van der Waals surface area contributed by atoms with Gasteiger partial charge in [0.05, 0.1) is 0 Å². The van der Waals surface area contributed by atoms with Crippen molar-refractivity contribution in [3.05, 3.63) is 0 Å². The number of hydrogen-bond donors (Lipinski definition) is 2. The van der Waals surface area contributed by atoms with Gasteiger partial charge in [0, 0.05) is 0 Å². The highest BCUT2D eigenvalue weighted by atomic mass is 32.2. The van der Waals surface area contributed by atoms with Gasteiger partial charge in [0.15, 0.2) is 0 Å². The highest BCUT2D eigenvalue weighted by Crippen LogP contribution is 2.08. The molecule has 0 aromatic carbocycles. The van der Waals surface area contributed by atoms with Crippen LogP contribution in [0.4, 0.5) is 0 Å². The van der Waals surface area contributed by atoms with Crippen molar-refractivity contribution in [2.45, 2.75) is 4.58 Å². The first-order valence-corrected chi connectivity index (χ1v) is 3.42.